The first-order valence-corrected chi connectivity index (χ1v) is 8.01. The van der Waals surface area contributed by atoms with Gasteiger partial charge in [-0.2, -0.15) is 0 Å². The van der Waals surface area contributed by atoms with Crippen LogP contribution in [0.2, 0.25) is 0 Å². The number of aryl methyl sites for hydroxylation is 1. The zero-order valence-electron chi connectivity index (χ0n) is 14.6. The van der Waals surface area contributed by atoms with E-state index in [0.29, 0.717) is 9.88 Å². The number of amides is 1. The highest BCUT2D eigenvalue weighted by Gasteiger charge is 2.27. The Kier molecular flexibility index (Phi) is 6.70. The van der Waals surface area contributed by atoms with Crippen LogP contribution in [-0.4, -0.2) is 42.8 Å². The third kappa shape index (κ3) is 5.80. The van der Waals surface area contributed by atoms with E-state index in [1.54, 1.807) is 27.7 Å². The standard InChI is InChI=1S/C15H22N2O6S/c1-8-11(13(19)22-6)17-12(24-8)9(7-10(18)21-5)16-14(20)23-15(2,3)4/h9H,7H2,1-6H3,(H,16,20)/t9-/m0/s1. The maximum absolute atomic E-state index is 12.0. The van der Waals surface area contributed by atoms with Crippen LogP contribution in [0.25, 0.3) is 0 Å². The third-order valence-corrected chi connectivity index (χ3v) is 3.86. The normalized spacial score (nSPS) is 12.2. The van der Waals surface area contributed by atoms with Gasteiger partial charge in [0.15, 0.2) is 5.69 Å². The summed E-state index contributed by atoms with van der Waals surface area (Å²) in [6, 6.07) is -0.769. The molecule has 24 heavy (non-hydrogen) atoms. The number of carbonyl (C=O) groups excluding carboxylic acids is 3. The molecule has 134 valence electrons. The van der Waals surface area contributed by atoms with Gasteiger partial charge in [-0.25, -0.2) is 14.6 Å². The molecule has 1 heterocycles. The summed E-state index contributed by atoms with van der Waals surface area (Å²) in [4.78, 5) is 40.1. The molecule has 0 aliphatic rings. The molecule has 1 aromatic heterocycles. The lowest BCUT2D eigenvalue weighted by Gasteiger charge is -2.22. The van der Waals surface area contributed by atoms with Crippen molar-refractivity contribution in [1.82, 2.24) is 10.3 Å². The molecular weight excluding hydrogens is 336 g/mol. The molecule has 1 N–H and O–H groups in total. The first-order chi connectivity index (χ1) is 11.1. The van der Waals surface area contributed by atoms with Crippen LogP contribution in [0.15, 0.2) is 0 Å². The smallest absolute Gasteiger partial charge is 0.408 e. The van der Waals surface area contributed by atoms with Crippen molar-refractivity contribution in [2.75, 3.05) is 14.2 Å². The van der Waals surface area contributed by atoms with Crippen molar-refractivity contribution in [2.45, 2.75) is 45.8 Å². The van der Waals surface area contributed by atoms with E-state index >= 15 is 0 Å². The molecule has 8 nitrogen and oxygen atoms in total. The van der Waals surface area contributed by atoms with Crippen molar-refractivity contribution >= 4 is 29.4 Å². The van der Waals surface area contributed by atoms with Crippen LogP contribution in [0.1, 0.15) is 53.6 Å². The number of nitrogens with one attached hydrogen (secondary N) is 1. The molecule has 0 unspecified atom stereocenters. The highest BCUT2D eigenvalue weighted by Crippen LogP contribution is 2.26. The third-order valence-electron chi connectivity index (χ3n) is 2.78. The van der Waals surface area contributed by atoms with Gasteiger partial charge < -0.3 is 19.5 Å². The van der Waals surface area contributed by atoms with Gasteiger partial charge in [-0.05, 0) is 27.7 Å². The Morgan fingerprint density at radius 3 is 2.33 bits per heavy atom. The number of hydrogen-bond acceptors (Lipinski definition) is 8. The van der Waals surface area contributed by atoms with Gasteiger partial charge in [0, 0.05) is 4.88 Å². The number of methoxy groups -OCH3 is 2. The van der Waals surface area contributed by atoms with E-state index in [1.807, 2.05) is 0 Å². The Balaban J connectivity index is 3.03. The molecule has 1 atom stereocenters. The number of alkyl carbamates (subject to hydrolysis) is 1. The van der Waals surface area contributed by atoms with E-state index in [0.717, 1.165) is 0 Å². The largest absolute Gasteiger partial charge is 0.469 e. The molecule has 1 amide bonds. The van der Waals surface area contributed by atoms with Crippen molar-refractivity contribution in [2.24, 2.45) is 0 Å². The average molecular weight is 358 g/mol. The van der Waals surface area contributed by atoms with Gasteiger partial charge >= 0.3 is 18.0 Å². The van der Waals surface area contributed by atoms with Crippen LogP contribution in [0.4, 0.5) is 4.79 Å². The molecule has 0 aliphatic heterocycles. The summed E-state index contributed by atoms with van der Waals surface area (Å²) in [5, 5.41) is 2.98. The number of nitrogens with zero attached hydrogens (tertiary/aromatic N) is 1. The summed E-state index contributed by atoms with van der Waals surface area (Å²) in [6.45, 7) is 6.89. The molecular formula is C15H22N2O6S. The zero-order valence-corrected chi connectivity index (χ0v) is 15.4. The Morgan fingerprint density at radius 2 is 1.83 bits per heavy atom. The maximum Gasteiger partial charge on any atom is 0.408 e. The first-order valence-electron chi connectivity index (χ1n) is 7.19. The Bertz CT molecular complexity index is 620. The van der Waals surface area contributed by atoms with E-state index in [-0.39, 0.29) is 12.1 Å². The van der Waals surface area contributed by atoms with E-state index in [2.05, 4.69) is 19.8 Å². The Hall–Kier alpha value is -2.16. The minimum atomic E-state index is -0.769. The van der Waals surface area contributed by atoms with Gasteiger partial charge in [0.2, 0.25) is 0 Å². The van der Waals surface area contributed by atoms with Crippen LogP contribution in [0.3, 0.4) is 0 Å². The van der Waals surface area contributed by atoms with Gasteiger partial charge in [0.25, 0.3) is 0 Å². The minimum absolute atomic E-state index is 0.136. The van der Waals surface area contributed by atoms with Gasteiger partial charge in [-0.15, -0.1) is 11.3 Å². The molecule has 0 saturated carbocycles. The lowest BCUT2D eigenvalue weighted by atomic mass is 10.2. The number of ether oxygens (including phenoxy) is 3. The summed E-state index contributed by atoms with van der Waals surface area (Å²) in [5.74, 6) is -1.10. The number of esters is 2. The molecule has 1 aromatic rings. The minimum Gasteiger partial charge on any atom is -0.469 e. The summed E-state index contributed by atoms with van der Waals surface area (Å²) in [7, 11) is 2.51. The quantitative estimate of drug-likeness (QED) is 0.636. The maximum atomic E-state index is 12.0. The van der Waals surface area contributed by atoms with Crippen molar-refractivity contribution in [1.29, 1.82) is 0 Å². The fourth-order valence-electron chi connectivity index (χ4n) is 1.75. The van der Waals surface area contributed by atoms with Gasteiger partial charge in [0.1, 0.15) is 10.6 Å². The molecule has 9 heteroatoms. The average Bonchev–Trinajstić information content (AvgIpc) is 2.85. The van der Waals surface area contributed by atoms with Crippen LogP contribution in [0, 0.1) is 6.92 Å². The number of thiazole rings is 1. The fraction of sp³-hybridized carbons (Fsp3) is 0.600. The zero-order chi connectivity index (χ0) is 18.5. The lowest BCUT2D eigenvalue weighted by Crippen LogP contribution is -2.36. The molecule has 0 aromatic carbocycles. The molecule has 0 fully saturated rings. The highest BCUT2D eigenvalue weighted by atomic mass is 32.1. The predicted octanol–water partition coefficient (Wildman–Crippen LogP) is 2.37. The van der Waals surface area contributed by atoms with Gasteiger partial charge in [-0.1, -0.05) is 0 Å². The first kappa shape index (κ1) is 19.9. The van der Waals surface area contributed by atoms with Crippen LogP contribution < -0.4 is 5.32 Å². The van der Waals surface area contributed by atoms with E-state index in [1.165, 1.54) is 25.6 Å². The van der Waals surface area contributed by atoms with Crippen LogP contribution >= 0.6 is 11.3 Å². The topological polar surface area (TPSA) is 104 Å². The second kappa shape index (κ2) is 8.09. The summed E-state index contributed by atoms with van der Waals surface area (Å²) >= 11 is 1.19. The summed E-state index contributed by atoms with van der Waals surface area (Å²) < 4.78 is 14.5. The second-order valence-electron chi connectivity index (χ2n) is 5.93. The molecule has 1 rings (SSSR count). The SMILES string of the molecule is COC(=O)C[C@H](NC(=O)OC(C)(C)C)c1nc(C(=O)OC)c(C)s1. The monoisotopic (exact) mass is 358 g/mol. The summed E-state index contributed by atoms with van der Waals surface area (Å²) in [6.07, 6.45) is -0.826. The predicted molar refractivity (Wildman–Crippen MR) is 86.9 cm³/mol. The molecule has 0 saturated heterocycles. The Morgan fingerprint density at radius 1 is 1.21 bits per heavy atom. The molecule has 0 aliphatic carbocycles. The number of hydrogen-bond donors (Lipinski definition) is 1. The van der Waals surface area contributed by atoms with Crippen molar-refractivity contribution in [3.05, 3.63) is 15.6 Å². The second-order valence-corrected chi connectivity index (χ2v) is 7.16. The molecule has 0 spiro atoms. The van der Waals surface area contributed by atoms with Crippen LogP contribution in [-0.2, 0) is 19.0 Å². The number of rotatable bonds is 5. The number of carbonyl (C=O) groups is 3. The van der Waals surface area contributed by atoms with Crippen LogP contribution in [0.5, 0.6) is 0 Å². The van der Waals surface area contributed by atoms with Gasteiger partial charge in [-0.3, -0.25) is 4.79 Å². The highest BCUT2D eigenvalue weighted by molar-refractivity contribution is 7.12. The van der Waals surface area contributed by atoms with Gasteiger partial charge in [0.05, 0.1) is 26.7 Å². The van der Waals surface area contributed by atoms with E-state index in [4.69, 9.17) is 4.74 Å². The summed E-state index contributed by atoms with van der Waals surface area (Å²) in [5.41, 5.74) is -0.533. The Labute approximate surface area is 144 Å². The van der Waals surface area contributed by atoms with Crippen molar-refractivity contribution < 1.29 is 28.6 Å². The van der Waals surface area contributed by atoms with Crippen molar-refractivity contribution in [3.63, 3.8) is 0 Å². The van der Waals surface area contributed by atoms with E-state index < -0.39 is 29.7 Å². The molecule has 0 bridgehead atoms. The van der Waals surface area contributed by atoms with E-state index in [9.17, 15) is 14.4 Å². The lowest BCUT2D eigenvalue weighted by molar-refractivity contribution is -0.141. The van der Waals surface area contributed by atoms with Crippen molar-refractivity contribution in [3.8, 4) is 0 Å². The fourth-order valence-corrected chi connectivity index (χ4v) is 2.71. The molecule has 0 radical (unpaired) electrons. The number of aromatic nitrogens is 1.